The van der Waals surface area contributed by atoms with Crippen molar-refractivity contribution in [2.75, 3.05) is 19.8 Å². The summed E-state index contributed by atoms with van der Waals surface area (Å²) in [7, 11) is 0. The normalized spacial score (nSPS) is 14.5. The van der Waals surface area contributed by atoms with E-state index in [1.165, 1.54) is 0 Å². The second-order valence-electron chi connectivity index (χ2n) is 3.93. The molecular formula is C12H19NO3. The van der Waals surface area contributed by atoms with E-state index in [9.17, 15) is 5.11 Å². The van der Waals surface area contributed by atoms with Crippen LogP contribution in [-0.2, 0) is 5.60 Å². The highest BCUT2D eigenvalue weighted by Crippen LogP contribution is 2.23. The monoisotopic (exact) mass is 225 g/mol. The Kier molecular flexibility index (Phi) is 4.73. The number of aliphatic hydroxyl groups is 2. The summed E-state index contributed by atoms with van der Waals surface area (Å²) < 4.78 is 5.41. The van der Waals surface area contributed by atoms with Crippen LogP contribution in [0.25, 0.3) is 0 Å². The molecule has 1 aromatic carbocycles. The molecule has 1 atom stereocenters. The Balaban J connectivity index is 2.71. The van der Waals surface area contributed by atoms with Crippen LogP contribution in [0.3, 0.4) is 0 Å². The van der Waals surface area contributed by atoms with Crippen molar-refractivity contribution in [3.8, 4) is 5.75 Å². The molecule has 0 spiro atoms. The Morgan fingerprint density at radius 3 is 2.81 bits per heavy atom. The number of nitrogens with two attached hydrogens (primary N) is 1. The minimum absolute atomic E-state index is 0.111. The van der Waals surface area contributed by atoms with Gasteiger partial charge in [0, 0.05) is 19.6 Å². The molecular weight excluding hydrogens is 206 g/mol. The molecule has 0 bridgehead atoms. The Morgan fingerprint density at radius 1 is 1.44 bits per heavy atom. The highest BCUT2D eigenvalue weighted by Gasteiger charge is 2.20. The third-order valence-corrected chi connectivity index (χ3v) is 2.42. The van der Waals surface area contributed by atoms with E-state index in [0.29, 0.717) is 18.8 Å². The van der Waals surface area contributed by atoms with Gasteiger partial charge in [0.15, 0.2) is 0 Å². The third kappa shape index (κ3) is 3.48. The zero-order valence-corrected chi connectivity index (χ0v) is 9.52. The van der Waals surface area contributed by atoms with Gasteiger partial charge in [0.25, 0.3) is 0 Å². The number of hydrogen-bond donors (Lipinski definition) is 3. The molecule has 0 fully saturated rings. The minimum atomic E-state index is -1.03. The van der Waals surface area contributed by atoms with Crippen LogP contribution < -0.4 is 10.5 Å². The van der Waals surface area contributed by atoms with E-state index in [-0.39, 0.29) is 13.2 Å². The van der Waals surface area contributed by atoms with Gasteiger partial charge in [-0.1, -0.05) is 12.1 Å². The van der Waals surface area contributed by atoms with Crippen LogP contribution in [0.5, 0.6) is 5.75 Å². The lowest BCUT2D eigenvalue weighted by Crippen LogP contribution is -2.31. The van der Waals surface area contributed by atoms with E-state index in [0.717, 1.165) is 5.56 Å². The Bertz CT molecular complexity index is 326. The summed E-state index contributed by atoms with van der Waals surface area (Å²) in [5.74, 6) is 0.680. The Morgan fingerprint density at radius 2 is 2.19 bits per heavy atom. The van der Waals surface area contributed by atoms with Crippen LogP contribution >= 0.6 is 0 Å². The Labute approximate surface area is 95.7 Å². The van der Waals surface area contributed by atoms with Crippen molar-refractivity contribution in [3.63, 3.8) is 0 Å². The first-order valence-corrected chi connectivity index (χ1v) is 5.37. The zero-order valence-electron chi connectivity index (χ0n) is 9.52. The number of rotatable bonds is 6. The van der Waals surface area contributed by atoms with Gasteiger partial charge in [-0.05, 0) is 24.6 Å². The first-order valence-electron chi connectivity index (χ1n) is 5.37. The third-order valence-electron chi connectivity index (χ3n) is 2.42. The summed E-state index contributed by atoms with van der Waals surface area (Å²) in [4.78, 5) is 0. The lowest BCUT2D eigenvalue weighted by Gasteiger charge is -2.22. The van der Waals surface area contributed by atoms with Crippen molar-refractivity contribution in [3.05, 3.63) is 29.8 Å². The summed E-state index contributed by atoms with van der Waals surface area (Å²) >= 11 is 0. The predicted octanol–water partition coefficient (Wildman–Crippen LogP) is 0.614. The van der Waals surface area contributed by atoms with E-state index in [2.05, 4.69) is 0 Å². The molecule has 0 aromatic heterocycles. The molecule has 1 aromatic rings. The maximum absolute atomic E-state index is 9.97. The molecule has 0 amide bonds. The van der Waals surface area contributed by atoms with Gasteiger partial charge in [0.05, 0.1) is 12.2 Å². The largest absolute Gasteiger partial charge is 0.493 e. The molecule has 0 aliphatic heterocycles. The summed E-state index contributed by atoms with van der Waals surface area (Å²) in [5.41, 5.74) is 5.19. The van der Waals surface area contributed by atoms with Gasteiger partial charge in [-0.15, -0.1) is 0 Å². The van der Waals surface area contributed by atoms with Gasteiger partial charge >= 0.3 is 0 Å². The molecule has 0 saturated heterocycles. The number of hydrogen-bond acceptors (Lipinski definition) is 4. The topological polar surface area (TPSA) is 75.7 Å². The van der Waals surface area contributed by atoms with E-state index in [4.69, 9.17) is 15.6 Å². The Hall–Kier alpha value is -1.10. The summed E-state index contributed by atoms with van der Waals surface area (Å²) in [6.07, 6.45) is 0.595. The number of benzene rings is 1. The van der Waals surface area contributed by atoms with E-state index in [1.807, 2.05) is 18.2 Å². The lowest BCUT2D eigenvalue weighted by molar-refractivity contribution is 0.0665. The minimum Gasteiger partial charge on any atom is -0.493 e. The quantitative estimate of drug-likeness (QED) is 0.620. The highest BCUT2D eigenvalue weighted by molar-refractivity contribution is 5.32. The van der Waals surface area contributed by atoms with E-state index < -0.39 is 5.60 Å². The van der Waals surface area contributed by atoms with Gasteiger partial charge in [-0.25, -0.2) is 0 Å². The van der Waals surface area contributed by atoms with Gasteiger partial charge in [0.1, 0.15) is 5.75 Å². The molecule has 0 aliphatic carbocycles. The van der Waals surface area contributed by atoms with E-state index in [1.54, 1.807) is 13.0 Å². The number of aliphatic hydroxyl groups excluding tert-OH is 1. The second-order valence-corrected chi connectivity index (χ2v) is 3.93. The molecule has 0 heterocycles. The fraction of sp³-hybridized carbons (Fsp3) is 0.500. The fourth-order valence-electron chi connectivity index (χ4n) is 1.29. The molecule has 0 aliphatic rings. The molecule has 16 heavy (non-hydrogen) atoms. The summed E-state index contributed by atoms with van der Waals surface area (Å²) in [6.45, 7) is 2.40. The molecule has 4 nitrogen and oxygen atoms in total. The molecule has 1 unspecified atom stereocenters. The van der Waals surface area contributed by atoms with Gasteiger partial charge in [-0.2, -0.15) is 0 Å². The second kappa shape index (κ2) is 5.84. The van der Waals surface area contributed by atoms with Crippen molar-refractivity contribution in [2.24, 2.45) is 5.73 Å². The molecule has 4 heteroatoms. The van der Waals surface area contributed by atoms with Crippen LogP contribution in [0.2, 0.25) is 0 Å². The molecule has 90 valence electrons. The SMILES string of the molecule is CC(O)(CN)c1cccc(OCCCO)c1. The summed E-state index contributed by atoms with van der Waals surface area (Å²) in [6, 6.07) is 7.21. The first-order chi connectivity index (χ1) is 7.60. The van der Waals surface area contributed by atoms with Crippen LogP contribution in [0.1, 0.15) is 18.9 Å². The first kappa shape index (κ1) is 13.0. The average molecular weight is 225 g/mol. The summed E-state index contributed by atoms with van der Waals surface area (Å²) in [5, 5.41) is 18.6. The predicted molar refractivity (Wildman–Crippen MR) is 62.3 cm³/mol. The fourth-order valence-corrected chi connectivity index (χ4v) is 1.29. The van der Waals surface area contributed by atoms with Crippen LogP contribution in [0.15, 0.2) is 24.3 Å². The van der Waals surface area contributed by atoms with Gasteiger partial charge < -0.3 is 20.7 Å². The van der Waals surface area contributed by atoms with Crippen molar-refractivity contribution >= 4 is 0 Å². The van der Waals surface area contributed by atoms with Crippen molar-refractivity contribution in [1.82, 2.24) is 0 Å². The van der Waals surface area contributed by atoms with Gasteiger partial charge in [0.2, 0.25) is 0 Å². The maximum atomic E-state index is 9.97. The lowest BCUT2D eigenvalue weighted by atomic mass is 9.96. The highest BCUT2D eigenvalue weighted by atomic mass is 16.5. The van der Waals surface area contributed by atoms with Crippen molar-refractivity contribution in [2.45, 2.75) is 18.9 Å². The smallest absolute Gasteiger partial charge is 0.119 e. The number of ether oxygens (including phenoxy) is 1. The van der Waals surface area contributed by atoms with Crippen LogP contribution in [0, 0.1) is 0 Å². The van der Waals surface area contributed by atoms with Gasteiger partial charge in [-0.3, -0.25) is 0 Å². The standard InChI is InChI=1S/C12H19NO3/c1-12(15,9-13)10-4-2-5-11(8-10)16-7-3-6-14/h2,4-5,8,14-15H,3,6-7,9,13H2,1H3. The van der Waals surface area contributed by atoms with Crippen LogP contribution in [-0.4, -0.2) is 30.0 Å². The van der Waals surface area contributed by atoms with Crippen molar-refractivity contribution < 1.29 is 14.9 Å². The zero-order chi connectivity index (χ0) is 12.0. The molecule has 1 rings (SSSR count). The molecule has 0 saturated carbocycles. The van der Waals surface area contributed by atoms with E-state index >= 15 is 0 Å². The molecule has 4 N–H and O–H groups in total. The maximum Gasteiger partial charge on any atom is 0.119 e. The van der Waals surface area contributed by atoms with Crippen LogP contribution in [0.4, 0.5) is 0 Å². The average Bonchev–Trinajstić information content (AvgIpc) is 2.30. The van der Waals surface area contributed by atoms with Crippen molar-refractivity contribution in [1.29, 1.82) is 0 Å². The molecule has 0 radical (unpaired) electrons.